The van der Waals surface area contributed by atoms with E-state index in [1.807, 2.05) is 47.9 Å². The molecule has 0 N–H and O–H groups in total. The van der Waals surface area contributed by atoms with E-state index in [4.69, 9.17) is 9.84 Å². The third-order valence-electron chi connectivity index (χ3n) is 7.09. The van der Waals surface area contributed by atoms with Crippen LogP contribution in [0.25, 0.3) is 5.65 Å². The maximum absolute atomic E-state index is 12.9. The van der Waals surface area contributed by atoms with Crippen molar-refractivity contribution >= 4 is 11.6 Å². The van der Waals surface area contributed by atoms with Crippen LogP contribution in [-0.2, 0) is 16.1 Å². The summed E-state index contributed by atoms with van der Waals surface area (Å²) >= 11 is 0. The molecule has 0 unspecified atom stereocenters. The molecular weight excluding hydrogens is 404 g/mol. The zero-order chi connectivity index (χ0) is 22.1. The topological polar surface area (TPSA) is 77.5 Å². The predicted molar refractivity (Wildman–Crippen MR) is 120 cm³/mol. The lowest BCUT2D eigenvalue weighted by Crippen LogP contribution is -2.42. The normalized spacial score (nSPS) is 19.8. The second-order valence-electron chi connectivity index (χ2n) is 9.16. The summed E-state index contributed by atoms with van der Waals surface area (Å²) in [5.74, 6) is 1.95. The highest BCUT2D eigenvalue weighted by Crippen LogP contribution is 2.30. The van der Waals surface area contributed by atoms with Gasteiger partial charge in [0.25, 0.3) is 0 Å². The Morgan fingerprint density at radius 2 is 2.03 bits per heavy atom. The molecular formula is C24H32N6O2. The molecule has 32 heavy (non-hydrogen) atoms. The molecule has 0 spiro atoms. The Morgan fingerprint density at radius 3 is 2.81 bits per heavy atom. The first kappa shape index (κ1) is 21.1. The molecule has 1 aliphatic heterocycles. The highest BCUT2D eigenvalue weighted by atomic mass is 16.5. The lowest BCUT2D eigenvalue weighted by molar-refractivity contribution is -0.139. The number of aryl methyl sites for hydroxylation is 2. The van der Waals surface area contributed by atoms with Crippen molar-refractivity contribution in [3.63, 3.8) is 0 Å². The Labute approximate surface area is 188 Å². The molecule has 1 saturated carbocycles. The first-order valence-corrected chi connectivity index (χ1v) is 11.8. The van der Waals surface area contributed by atoms with Crippen LogP contribution in [0.5, 0.6) is 0 Å². The number of amides is 1. The van der Waals surface area contributed by atoms with Crippen LogP contribution in [0.2, 0.25) is 0 Å². The Bertz CT molecular complexity index is 1100. The fourth-order valence-corrected chi connectivity index (χ4v) is 5.12. The van der Waals surface area contributed by atoms with E-state index in [1.54, 1.807) is 0 Å². The molecule has 1 aliphatic carbocycles. The minimum absolute atomic E-state index is 0.202. The standard InChI is InChI=1S/C24H32N6O2/c1-17-20(15-28-12-11-25-18(28)2)24-26-10-9-21(30(24)27-17)22-16-29(13-14-32-22)23(31)8-7-19-5-3-4-6-19/h9-12,19,22H,3-8,13-16H2,1-2H3/t22-/m0/s1. The molecule has 8 nitrogen and oxygen atoms in total. The maximum Gasteiger partial charge on any atom is 0.222 e. The first-order valence-electron chi connectivity index (χ1n) is 11.8. The van der Waals surface area contributed by atoms with Crippen molar-refractivity contribution in [1.82, 2.24) is 29.0 Å². The smallest absolute Gasteiger partial charge is 0.222 e. The minimum Gasteiger partial charge on any atom is -0.368 e. The summed E-state index contributed by atoms with van der Waals surface area (Å²) in [6.45, 7) is 6.46. The van der Waals surface area contributed by atoms with Gasteiger partial charge in [0.15, 0.2) is 5.65 Å². The number of imidazole rings is 1. The molecule has 2 fully saturated rings. The fourth-order valence-electron chi connectivity index (χ4n) is 5.12. The second kappa shape index (κ2) is 9.02. The number of nitrogens with zero attached hydrogens (tertiary/aromatic N) is 6. The van der Waals surface area contributed by atoms with Crippen LogP contribution in [0.15, 0.2) is 24.7 Å². The van der Waals surface area contributed by atoms with E-state index in [-0.39, 0.29) is 12.0 Å². The summed E-state index contributed by atoms with van der Waals surface area (Å²) in [6, 6.07) is 1.96. The Kier molecular flexibility index (Phi) is 5.95. The van der Waals surface area contributed by atoms with Crippen LogP contribution in [-0.4, -0.2) is 54.7 Å². The predicted octanol–water partition coefficient (Wildman–Crippen LogP) is 3.46. The Hall–Kier alpha value is -2.74. The molecule has 8 heteroatoms. The first-order chi connectivity index (χ1) is 15.6. The van der Waals surface area contributed by atoms with Gasteiger partial charge in [-0.1, -0.05) is 25.7 Å². The van der Waals surface area contributed by atoms with Crippen LogP contribution in [0, 0.1) is 19.8 Å². The van der Waals surface area contributed by atoms with Crippen molar-refractivity contribution in [2.24, 2.45) is 5.92 Å². The van der Waals surface area contributed by atoms with Gasteiger partial charge in [-0.25, -0.2) is 14.5 Å². The summed E-state index contributed by atoms with van der Waals surface area (Å²) in [7, 11) is 0. The van der Waals surface area contributed by atoms with E-state index in [1.165, 1.54) is 25.7 Å². The van der Waals surface area contributed by atoms with E-state index in [0.29, 0.717) is 32.7 Å². The molecule has 2 aliphatic rings. The van der Waals surface area contributed by atoms with E-state index >= 15 is 0 Å². The monoisotopic (exact) mass is 436 g/mol. The summed E-state index contributed by atoms with van der Waals surface area (Å²) in [4.78, 5) is 23.8. The van der Waals surface area contributed by atoms with E-state index < -0.39 is 0 Å². The van der Waals surface area contributed by atoms with Crippen molar-refractivity contribution in [3.8, 4) is 0 Å². The summed E-state index contributed by atoms with van der Waals surface area (Å²) in [6.07, 6.45) is 12.3. The molecule has 3 aromatic rings. The average molecular weight is 437 g/mol. The number of carbonyl (C=O) groups is 1. The molecule has 5 rings (SSSR count). The van der Waals surface area contributed by atoms with Gasteiger partial charge in [-0.05, 0) is 32.3 Å². The number of fused-ring (bicyclic) bond motifs is 1. The van der Waals surface area contributed by atoms with Gasteiger partial charge >= 0.3 is 0 Å². The maximum atomic E-state index is 12.9. The largest absolute Gasteiger partial charge is 0.368 e. The number of ether oxygens (including phenoxy) is 1. The molecule has 0 aromatic carbocycles. The van der Waals surface area contributed by atoms with Gasteiger partial charge in [0, 0.05) is 37.1 Å². The van der Waals surface area contributed by atoms with Gasteiger partial charge in [0.2, 0.25) is 5.91 Å². The molecule has 1 amide bonds. The fraction of sp³-hybridized carbons (Fsp3) is 0.583. The van der Waals surface area contributed by atoms with Gasteiger partial charge in [0.1, 0.15) is 11.9 Å². The van der Waals surface area contributed by atoms with Gasteiger partial charge in [0.05, 0.1) is 31.1 Å². The van der Waals surface area contributed by atoms with Crippen LogP contribution >= 0.6 is 0 Å². The molecule has 3 aromatic heterocycles. The third kappa shape index (κ3) is 4.16. The zero-order valence-corrected chi connectivity index (χ0v) is 19.0. The van der Waals surface area contributed by atoms with Gasteiger partial charge in [-0.3, -0.25) is 4.79 Å². The van der Waals surface area contributed by atoms with Crippen molar-refractivity contribution in [3.05, 3.63) is 47.4 Å². The van der Waals surface area contributed by atoms with Crippen LogP contribution in [0.3, 0.4) is 0 Å². The number of carbonyl (C=O) groups excluding carboxylic acids is 1. The van der Waals surface area contributed by atoms with Gasteiger partial charge < -0.3 is 14.2 Å². The highest BCUT2D eigenvalue weighted by molar-refractivity contribution is 5.76. The third-order valence-corrected chi connectivity index (χ3v) is 7.09. The Morgan fingerprint density at radius 1 is 1.19 bits per heavy atom. The second-order valence-corrected chi connectivity index (χ2v) is 9.16. The molecule has 0 bridgehead atoms. The van der Waals surface area contributed by atoms with Crippen LogP contribution in [0.4, 0.5) is 0 Å². The van der Waals surface area contributed by atoms with Crippen LogP contribution < -0.4 is 0 Å². The average Bonchev–Trinajstić information content (AvgIpc) is 3.54. The lowest BCUT2D eigenvalue weighted by atomic mass is 10.0. The van der Waals surface area contributed by atoms with Crippen molar-refractivity contribution in [1.29, 1.82) is 0 Å². The van der Waals surface area contributed by atoms with E-state index in [9.17, 15) is 4.79 Å². The Balaban J connectivity index is 1.34. The van der Waals surface area contributed by atoms with Gasteiger partial charge in [-0.15, -0.1) is 0 Å². The molecule has 1 saturated heterocycles. The summed E-state index contributed by atoms with van der Waals surface area (Å²) in [5.41, 5.74) is 3.80. The van der Waals surface area contributed by atoms with Crippen LogP contribution in [0.1, 0.15) is 67.4 Å². The number of hydrogen-bond donors (Lipinski definition) is 0. The molecule has 170 valence electrons. The minimum atomic E-state index is -0.202. The number of rotatable bonds is 6. The quantitative estimate of drug-likeness (QED) is 0.591. The molecule has 4 heterocycles. The van der Waals surface area contributed by atoms with E-state index in [2.05, 4.69) is 14.5 Å². The highest BCUT2D eigenvalue weighted by Gasteiger charge is 2.28. The van der Waals surface area contributed by atoms with Crippen molar-refractivity contribution in [2.45, 2.75) is 65.0 Å². The number of aromatic nitrogens is 5. The number of hydrogen-bond acceptors (Lipinski definition) is 5. The summed E-state index contributed by atoms with van der Waals surface area (Å²) in [5, 5.41) is 4.79. The van der Waals surface area contributed by atoms with Crippen molar-refractivity contribution in [2.75, 3.05) is 19.7 Å². The number of morpholine rings is 1. The zero-order valence-electron chi connectivity index (χ0n) is 19.0. The molecule has 0 radical (unpaired) electrons. The van der Waals surface area contributed by atoms with Gasteiger partial charge in [-0.2, -0.15) is 5.10 Å². The summed E-state index contributed by atoms with van der Waals surface area (Å²) < 4.78 is 10.1. The SMILES string of the molecule is Cc1nn2c([C@@H]3CN(C(=O)CCC4CCCC4)CCO3)ccnc2c1Cn1ccnc1C. The van der Waals surface area contributed by atoms with E-state index in [0.717, 1.165) is 40.8 Å². The molecule has 1 atom stereocenters. The lowest BCUT2D eigenvalue weighted by Gasteiger charge is -2.33. The van der Waals surface area contributed by atoms with Crippen molar-refractivity contribution < 1.29 is 9.53 Å².